The maximum atomic E-state index is 10.9. The van der Waals surface area contributed by atoms with Crippen molar-refractivity contribution in [3.05, 3.63) is 41.0 Å². The Morgan fingerprint density at radius 3 is 2.95 bits per heavy atom. The third kappa shape index (κ3) is 3.18. The molecule has 0 saturated carbocycles. The Morgan fingerprint density at radius 1 is 1.47 bits per heavy atom. The fourth-order valence-electron chi connectivity index (χ4n) is 1.59. The van der Waals surface area contributed by atoms with Gasteiger partial charge in [-0.25, -0.2) is 9.97 Å². The molecule has 0 radical (unpaired) electrons. The molecule has 0 unspecified atom stereocenters. The summed E-state index contributed by atoms with van der Waals surface area (Å²) in [5.41, 5.74) is -0.0374. The number of aromatic nitrogens is 3. The number of hydrogen-bond donors (Lipinski definition) is 2. The Kier molecular flexibility index (Phi) is 3.91. The number of nitrogens with one attached hydrogen (secondary N) is 2. The van der Waals surface area contributed by atoms with Crippen molar-refractivity contribution in [3.8, 4) is 0 Å². The van der Waals surface area contributed by atoms with Crippen molar-refractivity contribution < 1.29 is 4.92 Å². The van der Waals surface area contributed by atoms with Crippen molar-refractivity contribution in [1.82, 2.24) is 14.5 Å². The van der Waals surface area contributed by atoms with E-state index < -0.39 is 4.92 Å². The van der Waals surface area contributed by atoms with Crippen LogP contribution in [0.1, 0.15) is 0 Å². The summed E-state index contributed by atoms with van der Waals surface area (Å²) in [6, 6.07) is 3.00. The molecule has 2 rings (SSSR count). The highest BCUT2D eigenvalue weighted by atomic mass is 16.6. The van der Waals surface area contributed by atoms with Crippen LogP contribution >= 0.6 is 0 Å². The topological polar surface area (TPSA) is 97.9 Å². The molecule has 2 aromatic heterocycles. The summed E-state index contributed by atoms with van der Waals surface area (Å²) in [6.45, 7) is 1.18. The van der Waals surface area contributed by atoms with Crippen LogP contribution in [0.4, 0.5) is 17.3 Å². The van der Waals surface area contributed by atoms with Crippen molar-refractivity contribution in [2.24, 2.45) is 0 Å². The van der Waals surface area contributed by atoms with Gasteiger partial charge in [0.05, 0.1) is 11.3 Å². The van der Waals surface area contributed by atoms with Gasteiger partial charge in [-0.2, -0.15) is 0 Å². The van der Waals surface area contributed by atoms with Crippen molar-refractivity contribution in [2.45, 2.75) is 6.54 Å². The summed E-state index contributed by atoms with van der Waals surface area (Å²) in [4.78, 5) is 18.5. The lowest BCUT2D eigenvalue weighted by molar-refractivity contribution is -0.384. The first-order chi connectivity index (χ1) is 9.20. The molecule has 100 valence electrons. The molecule has 0 fully saturated rings. The average molecular weight is 262 g/mol. The first-order valence-corrected chi connectivity index (χ1v) is 5.73. The van der Waals surface area contributed by atoms with E-state index in [-0.39, 0.29) is 11.5 Å². The maximum absolute atomic E-state index is 10.9. The summed E-state index contributed by atoms with van der Waals surface area (Å²) in [5, 5.41) is 16.7. The second-order valence-corrected chi connectivity index (χ2v) is 3.80. The van der Waals surface area contributed by atoms with E-state index in [9.17, 15) is 10.1 Å². The van der Waals surface area contributed by atoms with Crippen LogP contribution in [-0.4, -0.2) is 33.1 Å². The molecule has 2 N–H and O–H groups in total. The van der Waals surface area contributed by atoms with E-state index in [1.54, 1.807) is 25.6 Å². The van der Waals surface area contributed by atoms with E-state index in [0.29, 0.717) is 18.9 Å². The minimum Gasteiger partial charge on any atom is -0.373 e. The molecule has 8 heteroatoms. The lowest BCUT2D eigenvalue weighted by Crippen LogP contribution is -2.12. The molecule has 0 aliphatic rings. The second-order valence-electron chi connectivity index (χ2n) is 3.80. The Bertz CT molecular complexity index is 554. The molecule has 0 aliphatic carbocycles. The van der Waals surface area contributed by atoms with Crippen LogP contribution in [0, 0.1) is 10.1 Å². The van der Waals surface area contributed by atoms with Crippen molar-refractivity contribution in [2.75, 3.05) is 24.2 Å². The zero-order valence-corrected chi connectivity index (χ0v) is 10.4. The summed E-state index contributed by atoms with van der Waals surface area (Å²) >= 11 is 0. The average Bonchev–Trinajstić information content (AvgIpc) is 2.91. The second kappa shape index (κ2) is 5.80. The number of imidazole rings is 1. The number of anilines is 2. The van der Waals surface area contributed by atoms with Gasteiger partial charge in [0, 0.05) is 38.6 Å². The predicted molar refractivity (Wildman–Crippen MR) is 71.2 cm³/mol. The van der Waals surface area contributed by atoms with E-state index in [1.807, 2.05) is 10.8 Å². The van der Waals surface area contributed by atoms with Gasteiger partial charge in [0.2, 0.25) is 5.82 Å². The van der Waals surface area contributed by atoms with E-state index in [2.05, 4.69) is 20.6 Å². The smallest absolute Gasteiger partial charge is 0.311 e. The van der Waals surface area contributed by atoms with E-state index in [0.717, 1.165) is 0 Å². The highest BCUT2D eigenvalue weighted by Crippen LogP contribution is 2.23. The summed E-state index contributed by atoms with van der Waals surface area (Å²) < 4.78 is 1.88. The van der Waals surface area contributed by atoms with Gasteiger partial charge in [-0.1, -0.05) is 0 Å². The number of rotatable bonds is 6. The summed E-state index contributed by atoms with van der Waals surface area (Å²) in [5.74, 6) is 0.840. The Morgan fingerprint density at radius 2 is 2.32 bits per heavy atom. The van der Waals surface area contributed by atoms with E-state index >= 15 is 0 Å². The van der Waals surface area contributed by atoms with Gasteiger partial charge in [0.25, 0.3) is 0 Å². The predicted octanol–water partition coefficient (Wildman–Crippen LogP) is 1.34. The van der Waals surface area contributed by atoms with Crippen LogP contribution in [0.2, 0.25) is 0 Å². The lowest BCUT2D eigenvalue weighted by Gasteiger charge is -2.08. The molecule has 8 nitrogen and oxygen atoms in total. The van der Waals surface area contributed by atoms with Gasteiger partial charge in [-0.3, -0.25) is 10.1 Å². The Balaban J connectivity index is 2.06. The molecule has 0 saturated heterocycles. The number of nitro groups is 1. The molecular formula is C11H14N6O2. The van der Waals surface area contributed by atoms with Crippen molar-refractivity contribution >= 4 is 17.3 Å². The first-order valence-electron chi connectivity index (χ1n) is 5.73. The fourth-order valence-corrected chi connectivity index (χ4v) is 1.59. The molecule has 0 spiro atoms. The van der Waals surface area contributed by atoms with Gasteiger partial charge < -0.3 is 15.2 Å². The quantitative estimate of drug-likeness (QED) is 0.602. The standard InChI is InChI=1S/C11H14N6O2/c1-12-10-3-2-9(17(18)19)11(15-10)14-5-7-16-6-4-13-8-16/h2-4,6,8H,5,7H2,1H3,(H2,12,14,15). The van der Waals surface area contributed by atoms with E-state index in [1.165, 1.54) is 6.07 Å². The first kappa shape index (κ1) is 12.8. The SMILES string of the molecule is CNc1ccc([N+](=O)[O-])c(NCCn2ccnc2)n1. The Labute approximate surface area is 109 Å². The van der Waals surface area contributed by atoms with Crippen LogP contribution in [0.15, 0.2) is 30.9 Å². The zero-order chi connectivity index (χ0) is 13.7. The normalized spacial score (nSPS) is 10.2. The third-order valence-corrected chi connectivity index (χ3v) is 2.55. The van der Waals surface area contributed by atoms with Crippen LogP contribution < -0.4 is 10.6 Å². The molecule has 0 amide bonds. The number of hydrogen-bond acceptors (Lipinski definition) is 6. The Hall–Kier alpha value is -2.64. The molecule has 0 aromatic carbocycles. The maximum Gasteiger partial charge on any atom is 0.311 e. The van der Waals surface area contributed by atoms with Crippen molar-refractivity contribution in [1.29, 1.82) is 0 Å². The van der Waals surface area contributed by atoms with Crippen molar-refractivity contribution in [3.63, 3.8) is 0 Å². The van der Waals surface area contributed by atoms with Crippen LogP contribution in [0.25, 0.3) is 0 Å². The molecule has 0 atom stereocenters. The molecular weight excluding hydrogens is 248 g/mol. The summed E-state index contributed by atoms with van der Waals surface area (Å²) in [7, 11) is 1.71. The molecule has 0 aliphatic heterocycles. The van der Waals surface area contributed by atoms with E-state index in [4.69, 9.17) is 0 Å². The fraction of sp³-hybridized carbons (Fsp3) is 0.273. The molecule has 2 aromatic rings. The minimum absolute atomic E-state index is 0.0374. The molecule has 19 heavy (non-hydrogen) atoms. The lowest BCUT2D eigenvalue weighted by atomic mass is 10.3. The highest BCUT2D eigenvalue weighted by Gasteiger charge is 2.15. The number of pyridine rings is 1. The zero-order valence-electron chi connectivity index (χ0n) is 10.4. The largest absolute Gasteiger partial charge is 0.373 e. The third-order valence-electron chi connectivity index (χ3n) is 2.55. The van der Waals surface area contributed by atoms with Gasteiger partial charge in [0.1, 0.15) is 5.82 Å². The monoisotopic (exact) mass is 262 g/mol. The van der Waals surface area contributed by atoms with Gasteiger partial charge in [-0.05, 0) is 6.07 Å². The highest BCUT2D eigenvalue weighted by molar-refractivity contribution is 5.60. The van der Waals surface area contributed by atoms with Gasteiger partial charge in [-0.15, -0.1) is 0 Å². The number of nitrogens with zero attached hydrogens (tertiary/aromatic N) is 4. The van der Waals surface area contributed by atoms with Gasteiger partial charge in [0.15, 0.2) is 0 Å². The van der Waals surface area contributed by atoms with Gasteiger partial charge >= 0.3 is 5.69 Å². The molecule has 0 bridgehead atoms. The molecule has 2 heterocycles. The van der Waals surface area contributed by atoms with Crippen LogP contribution in [0.5, 0.6) is 0 Å². The minimum atomic E-state index is -0.452. The summed E-state index contributed by atoms with van der Waals surface area (Å²) in [6.07, 6.45) is 5.20. The van der Waals surface area contributed by atoms with Crippen LogP contribution in [-0.2, 0) is 6.54 Å². The van der Waals surface area contributed by atoms with Crippen LogP contribution in [0.3, 0.4) is 0 Å².